The second-order valence-electron chi connectivity index (χ2n) is 4.46. The zero-order valence-electron chi connectivity index (χ0n) is 11.3. The van der Waals surface area contributed by atoms with E-state index in [0.717, 1.165) is 28.4 Å². The van der Waals surface area contributed by atoms with Crippen LogP contribution in [-0.2, 0) is 9.59 Å². The molecule has 3 aromatic rings. The summed E-state index contributed by atoms with van der Waals surface area (Å²) in [5.74, 6) is -1.65. The van der Waals surface area contributed by atoms with Gasteiger partial charge in [-0.15, -0.1) is 11.3 Å². The predicted octanol–water partition coefficient (Wildman–Crippen LogP) is 2.64. The number of thiazole rings is 1. The summed E-state index contributed by atoms with van der Waals surface area (Å²) in [4.78, 5) is 27.2. The molecule has 1 amide bonds. The van der Waals surface area contributed by atoms with Crippen LogP contribution in [0.3, 0.4) is 0 Å². The molecule has 7 heteroatoms. The van der Waals surface area contributed by atoms with Crippen molar-refractivity contribution in [2.24, 2.45) is 0 Å². The summed E-state index contributed by atoms with van der Waals surface area (Å²) >= 11 is 1.56. The highest BCUT2D eigenvalue weighted by Gasteiger charge is 2.05. The van der Waals surface area contributed by atoms with Gasteiger partial charge in [0.05, 0.1) is 5.69 Å². The number of hydrogen-bond acceptors (Lipinski definition) is 4. The van der Waals surface area contributed by atoms with E-state index in [-0.39, 0.29) is 0 Å². The van der Waals surface area contributed by atoms with Crippen molar-refractivity contribution in [3.8, 4) is 11.3 Å². The SMILES string of the molecule is O=C(O)/C=C\C(=O)Nc1ccc(-c2cn3ccsc3n2)cc1. The fraction of sp³-hybridized carbons (Fsp3) is 0. The van der Waals surface area contributed by atoms with E-state index in [1.165, 1.54) is 0 Å². The molecule has 0 spiro atoms. The van der Waals surface area contributed by atoms with E-state index in [1.807, 2.05) is 34.3 Å². The van der Waals surface area contributed by atoms with Gasteiger partial charge >= 0.3 is 5.97 Å². The highest BCUT2D eigenvalue weighted by atomic mass is 32.1. The third-order valence-corrected chi connectivity index (χ3v) is 3.69. The standard InChI is InChI=1S/C15H11N3O3S/c19-13(5-6-14(20)21)16-11-3-1-10(2-4-11)12-9-18-7-8-22-15(18)17-12/h1-9H,(H,16,19)(H,20,21)/b6-5-. The number of hydrogen-bond donors (Lipinski definition) is 2. The molecule has 0 atom stereocenters. The number of nitrogens with one attached hydrogen (secondary N) is 1. The smallest absolute Gasteiger partial charge is 0.328 e. The molecule has 0 aliphatic heterocycles. The van der Waals surface area contributed by atoms with Gasteiger partial charge < -0.3 is 10.4 Å². The van der Waals surface area contributed by atoms with Crippen LogP contribution in [0, 0.1) is 0 Å². The topological polar surface area (TPSA) is 83.7 Å². The summed E-state index contributed by atoms with van der Waals surface area (Å²) in [6, 6.07) is 7.19. The molecule has 110 valence electrons. The zero-order chi connectivity index (χ0) is 15.5. The molecule has 0 unspecified atom stereocenters. The minimum Gasteiger partial charge on any atom is -0.478 e. The molecular formula is C15H11N3O3S. The monoisotopic (exact) mass is 313 g/mol. The van der Waals surface area contributed by atoms with E-state index in [1.54, 1.807) is 23.5 Å². The van der Waals surface area contributed by atoms with Crippen LogP contribution in [0.2, 0.25) is 0 Å². The van der Waals surface area contributed by atoms with Gasteiger partial charge in [-0.3, -0.25) is 9.20 Å². The summed E-state index contributed by atoms with van der Waals surface area (Å²) in [5.41, 5.74) is 2.38. The number of aromatic nitrogens is 2. The Hall–Kier alpha value is -2.93. The van der Waals surface area contributed by atoms with Crippen molar-refractivity contribution >= 4 is 33.9 Å². The summed E-state index contributed by atoms with van der Waals surface area (Å²) in [6.45, 7) is 0. The summed E-state index contributed by atoms with van der Waals surface area (Å²) < 4.78 is 1.95. The van der Waals surface area contributed by atoms with Gasteiger partial charge in [-0.1, -0.05) is 12.1 Å². The number of aliphatic carboxylic acids is 1. The highest BCUT2D eigenvalue weighted by molar-refractivity contribution is 7.15. The first-order valence-electron chi connectivity index (χ1n) is 6.36. The number of carbonyl (C=O) groups excluding carboxylic acids is 1. The third kappa shape index (κ3) is 3.04. The van der Waals surface area contributed by atoms with Crippen LogP contribution >= 0.6 is 11.3 Å². The molecule has 3 rings (SSSR count). The fourth-order valence-corrected chi connectivity index (χ4v) is 2.62. The predicted molar refractivity (Wildman–Crippen MR) is 83.9 cm³/mol. The lowest BCUT2D eigenvalue weighted by molar-refractivity contribution is -0.131. The molecule has 0 saturated carbocycles. The number of imidazole rings is 1. The number of rotatable bonds is 4. The fourth-order valence-electron chi connectivity index (χ4n) is 1.92. The maximum absolute atomic E-state index is 11.5. The van der Waals surface area contributed by atoms with Crippen molar-refractivity contribution in [1.29, 1.82) is 0 Å². The Kier molecular flexibility index (Phi) is 3.71. The number of nitrogens with zero attached hydrogens (tertiary/aromatic N) is 2. The number of anilines is 1. The Morgan fingerprint density at radius 1 is 1.23 bits per heavy atom. The summed E-state index contributed by atoms with van der Waals surface area (Å²) in [6.07, 6.45) is 5.65. The Morgan fingerprint density at radius 2 is 2.00 bits per heavy atom. The maximum Gasteiger partial charge on any atom is 0.328 e. The molecule has 1 aromatic carbocycles. The van der Waals surface area contributed by atoms with Crippen LogP contribution in [0.4, 0.5) is 5.69 Å². The van der Waals surface area contributed by atoms with E-state index in [0.29, 0.717) is 5.69 Å². The molecule has 0 saturated heterocycles. The van der Waals surface area contributed by atoms with Crippen LogP contribution in [-0.4, -0.2) is 26.4 Å². The number of fused-ring (bicyclic) bond motifs is 1. The molecule has 22 heavy (non-hydrogen) atoms. The van der Waals surface area contributed by atoms with Crippen molar-refractivity contribution < 1.29 is 14.7 Å². The minimum absolute atomic E-state index is 0.488. The molecule has 0 fully saturated rings. The minimum atomic E-state index is -1.16. The van der Waals surface area contributed by atoms with Crippen LogP contribution < -0.4 is 5.32 Å². The van der Waals surface area contributed by atoms with E-state index in [2.05, 4.69) is 10.3 Å². The molecule has 2 heterocycles. The van der Waals surface area contributed by atoms with E-state index < -0.39 is 11.9 Å². The Balaban J connectivity index is 1.73. The Morgan fingerprint density at radius 3 is 2.68 bits per heavy atom. The van der Waals surface area contributed by atoms with Crippen LogP contribution in [0.25, 0.3) is 16.2 Å². The third-order valence-electron chi connectivity index (χ3n) is 2.92. The lowest BCUT2D eigenvalue weighted by atomic mass is 10.1. The van der Waals surface area contributed by atoms with Gasteiger partial charge in [-0.2, -0.15) is 0 Å². The Bertz CT molecular complexity index is 833. The lowest BCUT2D eigenvalue weighted by Gasteiger charge is -2.03. The number of carbonyl (C=O) groups is 2. The van der Waals surface area contributed by atoms with Gasteiger partial charge in [0, 0.05) is 41.2 Å². The van der Waals surface area contributed by atoms with Crippen LogP contribution in [0.15, 0.2) is 54.2 Å². The zero-order valence-corrected chi connectivity index (χ0v) is 12.1. The molecule has 6 nitrogen and oxygen atoms in total. The summed E-state index contributed by atoms with van der Waals surface area (Å²) in [5, 5.41) is 13.0. The van der Waals surface area contributed by atoms with Crippen LogP contribution in [0.5, 0.6) is 0 Å². The molecular weight excluding hydrogens is 302 g/mol. The number of amides is 1. The van der Waals surface area contributed by atoms with Crippen molar-refractivity contribution in [3.63, 3.8) is 0 Å². The molecule has 0 aliphatic rings. The number of carboxylic acids is 1. The molecule has 0 aliphatic carbocycles. The van der Waals surface area contributed by atoms with Gasteiger partial charge in [0.15, 0.2) is 4.96 Å². The number of carboxylic acid groups (broad SMARTS) is 1. The quantitative estimate of drug-likeness (QED) is 0.725. The molecule has 0 radical (unpaired) electrons. The van der Waals surface area contributed by atoms with Gasteiger partial charge in [0.25, 0.3) is 0 Å². The van der Waals surface area contributed by atoms with Crippen LogP contribution in [0.1, 0.15) is 0 Å². The summed E-state index contributed by atoms with van der Waals surface area (Å²) in [7, 11) is 0. The first-order chi connectivity index (χ1) is 10.6. The molecule has 2 aromatic heterocycles. The van der Waals surface area contributed by atoms with Crippen molar-refractivity contribution in [2.45, 2.75) is 0 Å². The van der Waals surface area contributed by atoms with E-state index in [4.69, 9.17) is 5.11 Å². The lowest BCUT2D eigenvalue weighted by Crippen LogP contribution is -2.08. The second kappa shape index (κ2) is 5.82. The van der Waals surface area contributed by atoms with Crippen molar-refractivity contribution in [2.75, 3.05) is 5.32 Å². The van der Waals surface area contributed by atoms with E-state index in [9.17, 15) is 9.59 Å². The van der Waals surface area contributed by atoms with Gasteiger partial charge in [-0.25, -0.2) is 9.78 Å². The first kappa shape index (κ1) is 14.0. The second-order valence-corrected chi connectivity index (χ2v) is 5.33. The largest absolute Gasteiger partial charge is 0.478 e. The van der Waals surface area contributed by atoms with E-state index >= 15 is 0 Å². The average molecular weight is 313 g/mol. The highest BCUT2D eigenvalue weighted by Crippen LogP contribution is 2.23. The average Bonchev–Trinajstić information content (AvgIpc) is 3.07. The van der Waals surface area contributed by atoms with Gasteiger partial charge in [-0.05, 0) is 12.1 Å². The van der Waals surface area contributed by atoms with Crippen molar-refractivity contribution in [3.05, 3.63) is 54.2 Å². The van der Waals surface area contributed by atoms with Gasteiger partial charge in [0.1, 0.15) is 0 Å². The first-order valence-corrected chi connectivity index (χ1v) is 7.24. The number of benzene rings is 1. The van der Waals surface area contributed by atoms with Gasteiger partial charge in [0.2, 0.25) is 5.91 Å². The van der Waals surface area contributed by atoms with Crippen molar-refractivity contribution in [1.82, 2.24) is 9.38 Å². The normalized spacial score (nSPS) is 11.1. The Labute approximate surface area is 129 Å². The molecule has 0 bridgehead atoms. The molecule has 2 N–H and O–H groups in total. The maximum atomic E-state index is 11.5.